The fraction of sp³-hybridized carbons (Fsp3) is 0.867. The van der Waals surface area contributed by atoms with Crippen LogP contribution >= 0.6 is 0 Å². The molecule has 116 valence electrons. The van der Waals surface area contributed by atoms with E-state index in [0.717, 1.165) is 6.61 Å². The van der Waals surface area contributed by atoms with Gasteiger partial charge < -0.3 is 14.8 Å². The highest BCUT2D eigenvalue weighted by Crippen LogP contribution is 2.30. The molecule has 0 aromatic heterocycles. The summed E-state index contributed by atoms with van der Waals surface area (Å²) in [5, 5.41) is 2.63. The van der Waals surface area contributed by atoms with Gasteiger partial charge in [0.2, 0.25) is 0 Å². The van der Waals surface area contributed by atoms with Crippen LogP contribution in [0.3, 0.4) is 0 Å². The summed E-state index contributed by atoms with van der Waals surface area (Å²) in [6.07, 6.45) is -0.101. The van der Waals surface area contributed by atoms with Crippen LogP contribution in [0.5, 0.6) is 0 Å². The third-order valence-corrected chi connectivity index (χ3v) is 4.04. The maximum absolute atomic E-state index is 12.4. The summed E-state index contributed by atoms with van der Waals surface area (Å²) >= 11 is 0. The first-order valence-electron chi connectivity index (χ1n) is 7.31. The van der Waals surface area contributed by atoms with Crippen molar-refractivity contribution in [3.05, 3.63) is 0 Å². The van der Waals surface area contributed by atoms with Gasteiger partial charge in [0.15, 0.2) is 5.78 Å². The topological polar surface area (TPSA) is 64.6 Å². The molecular formula is C15H27NO4. The minimum Gasteiger partial charge on any atom is -0.453 e. The quantitative estimate of drug-likeness (QED) is 0.813. The Morgan fingerprint density at radius 1 is 1.25 bits per heavy atom. The number of hydrogen-bond donors (Lipinski definition) is 1. The zero-order valence-electron chi connectivity index (χ0n) is 13.1. The van der Waals surface area contributed by atoms with E-state index in [-0.39, 0.29) is 17.6 Å². The Kier molecular flexibility index (Phi) is 6.46. The molecule has 1 aliphatic heterocycles. The Bertz CT molecular complexity index is 341. The molecular weight excluding hydrogens is 258 g/mol. The molecule has 1 saturated heterocycles. The predicted octanol–water partition coefficient (Wildman–Crippen LogP) is 2.24. The predicted molar refractivity (Wildman–Crippen MR) is 76.4 cm³/mol. The number of carbonyl (C=O) groups is 2. The van der Waals surface area contributed by atoms with E-state index in [1.54, 1.807) is 0 Å². The van der Waals surface area contributed by atoms with Crippen LogP contribution in [-0.2, 0) is 14.3 Å². The molecule has 0 bridgehead atoms. The number of hydrogen-bond acceptors (Lipinski definition) is 4. The van der Waals surface area contributed by atoms with Gasteiger partial charge in [-0.2, -0.15) is 0 Å². The fourth-order valence-electron chi connectivity index (χ4n) is 2.75. The SMILES string of the molecule is COC(=O)N[C@H](C(=O)C[C@H]1COC[C@@H]1C(C)C)C(C)C. The first-order chi connectivity index (χ1) is 9.36. The largest absolute Gasteiger partial charge is 0.453 e. The number of nitrogens with one attached hydrogen (secondary N) is 1. The molecule has 3 atom stereocenters. The molecule has 20 heavy (non-hydrogen) atoms. The summed E-state index contributed by atoms with van der Waals surface area (Å²) in [6, 6.07) is -0.490. The molecule has 1 heterocycles. The Morgan fingerprint density at radius 2 is 1.90 bits per heavy atom. The summed E-state index contributed by atoms with van der Waals surface area (Å²) in [5.41, 5.74) is 0. The summed E-state index contributed by atoms with van der Waals surface area (Å²) < 4.78 is 10.1. The number of methoxy groups -OCH3 is 1. The molecule has 0 aromatic carbocycles. The third-order valence-electron chi connectivity index (χ3n) is 4.04. The van der Waals surface area contributed by atoms with Gasteiger partial charge in [0.1, 0.15) is 0 Å². The van der Waals surface area contributed by atoms with Crippen molar-refractivity contribution in [2.24, 2.45) is 23.7 Å². The highest BCUT2D eigenvalue weighted by atomic mass is 16.5. The van der Waals surface area contributed by atoms with Crippen molar-refractivity contribution in [1.82, 2.24) is 5.32 Å². The van der Waals surface area contributed by atoms with E-state index in [9.17, 15) is 9.59 Å². The van der Waals surface area contributed by atoms with E-state index in [4.69, 9.17) is 4.74 Å². The molecule has 0 saturated carbocycles. The number of carbonyl (C=O) groups excluding carboxylic acids is 2. The van der Waals surface area contributed by atoms with E-state index in [0.29, 0.717) is 24.9 Å². The number of ether oxygens (including phenoxy) is 2. The maximum atomic E-state index is 12.4. The van der Waals surface area contributed by atoms with Crippen molar-refractivity contribution in [1.29, 1.82) is 0 Å². The van der Waals surface area contributed by atoms with Gasteiger partial charge in [-0.1, -0.05) is 27.7 Å². The first kappa shape index (κ1) is 17.0. The summed E-state index contributed by atoms with van der Waals surface area (Å²) in [4.78, 5) is 23.8. The Morgan fingerprint density at radius 3 is 2.40 bits per heavy atom. The first-order valence-corrected chi connectivity index (χ1v) is 7.31. The molecule has 0 radical (unpaired) electrons. The zero-order chi connectivity index (χ0) is 15.3. The lowest BCUT2D eigenvalue weighted by atomic mass is 9.81. The van der Waals surface area contributed by atoms with Crippen molar-refractivity contribution < 1.29 is 19.1 Å². The molecule has 5 heteroatoms. The van der Waals surface area contributed by atoms with Gasteiger partial charge in [-0.3, -0.25) is 4.79 Å². The number of ketones is 1. The Hall–Kier alpha value is -1.10. The van der Waals surface area contributed by atoms with E-state index in [1.807, 2.05) is 13.8 Å². The normalized spacial score (nSPS) is 23.9. The minimum atomic E-state index is -0.555. The van der Waals surface area contributed by atoms with Gasteiger partial charge in [-0.25, -0.2) is 4.79 Å². The van der Waals surface area contributed by atoms with Gasteiger partial charge in [0.25, 0.3) is 0 Å². The fourth-order valence-corrected chi connectivity index (χ4v) is 2.75. The van der Waals surface area contributed by atoms with Crippen LogP contribution in [0.2, 0.25) is 0 Å². The molecule has 1 amide bonds. The van der Waals surface area contributed by atoms with Gasteiger partial charge in [0.05, 0.1) is 26.4 Å². The summed E-state index contributed by atoms with van der Waals surface area (Å²) in [7, 11) is 1.30. The van der Waals surface area contributed by atoms with Crippen molar-refractivity contribution in [2.45, 2.75) is 40.2 Å². The van der Waals surface area contributed by atoms with Crippen molar-refractivity contribution in [2.75, 3.05) is 20.3 Å². The molecule has 1 fully saturated rings. The number of alkyl carbamates (subject to hydrolysis) is 1. The van der Waals surface area contributed by atoms with Crippen LogP contribution in [0.25, 0.3) is 0 Å². The zero-order valence-corrected chi connectivity index (χ0v) is 13.1. The lowest BCUT2D eigenvalue weighted by molar-refractivity contribution is -0.123. The molecule has 1 rings (SSSR count). The second-order valence-electron chi connectivity index (χ2n) is 6.23. The Balaban J connectivity index is 2.64. The van der Waals surface area contributed by atoms with E-state index in [2.05, 4.69) is 23.9 Å². The van der Waals surface area contributed by atoms with Crippen molar-refractivity contribution in [3.8, 4) is 0 Å². The smallest absolute Gasteiger partial charge is 0.407 e. The van der Waals surface area contributed by atoms with Crippen molar-refractivity contribution in [3.63, 3.8) is 0 Å². The van der Waals surface area contributed by atoms with Crippen LogP contribution in [0.15, 0.2) is 0 Å². The van der Waals surface area contributed by atoms with E-state index >= 15 is 0 Å². The molecule has 1 N–H and O–H groups in total. The van der Waals surface area contributed by atoms with E-state index in [1.165, 1.54) is 7.11 Å². The summed E-state index contributed by atoms with van der Waals surface area (Å²) in [5.74, 6) is 1.28. The van der Waals surface area contributed by atoms with Crippen LogP contribution in [0, 0.1) is 23.7 Å². The molecule has 0 aromatic rings. The second kappa shape index (κ2) is 7.62. The van der Waals surface area contributed by atoms with Gasteiger partial charge in [0, 0.05) is 6.42 Å². The number of rotatable bonds is 6. The minimum absolute atomic E-state index is 0.0430. The van der Waals surface area contributed by atoms with Gasteiger partial charge in [-0.15, -0.1) is 0 Å². The van der Waals surface area contributed by atoms with Crippen LogP contribution < -0.4 is 5.32 Å². The van der Waals surface area contributed by atoms with Crippen LogP contribution in [0.4, 0.5) is 4.79 Å². The molecule has 0 spiro atoms. The number of amides is 1. The lowest BCUT2D eigenvalue weighted by Crippen LogP contribution is -2.45. The third kappa shape index (κ3) is 4.47. The summed E-state index contributed by atoms with van der Waals surface area (Å²) in [6.45, 7) is 9.52. The average molecular weight is 285 g/mol. The lowest BCUT2D eigenvalue weighted by Gasteiger charge is -2.25. The average Bonchev–Trinajstić information content (AvgIpc) is 2.83. The van der Waals surface area contributed by atoms with Crippen LogP contribution in [-0.4, -0.2) is 38.2 Å². The van der Waals surface area contributed by atoms with Crippen molar-refractivity contribution >= 4 is 11.9 Å². The standard InChI is InChI=1S/C15H27NO4/c1-9(2)12-8-20-7-11(12)6-13(17)14(10(3)4)16-15(18)19-5/h9-12,14H,6-8H2,1-5H3,(H,16,18)/t11-,12+,14-/m0/s1. The van der Waals surface area contributed by atoms with Gasteiger partial charge in [-0.05, 0) is 23.7 Å². The monoisotopic (exact) mass is 285 g/mol. The van der Waals surface area contributed by atoms with Gasteiger partial charge >= 0.3 is 6.09 Å². The van der Waals surface area contributed by atoms with Crippen LogP contribution in [0.1, 0.15) is 34.1 Å². The highest BCUT2D eigenvalue weighted by Gasteiger charge is 2.34. The second-order valence-corrected chi connectivity index (χ2v) is 6.23. The molecule has 5 nitrogen and oxygen atoms in total. The molecule has 0 aliphatic carbocycles. The Labute approximate surface area is 121 Å². The molecule has 0 unspecified atom stereocenters. The number of Topliss-reactive ketones (excluding diaryl/α,β-unsaturated/α-hetero) is 1. The molecule has 1 aliphatic rings. The highest BCUT2D eigenvalue weighted by molar-refractivity contribution is 5.87. The van der Waals surface area contributed by atoms with E-state index < -0.39 is 12.1 Å². The maximum Gasteiger partial charge on any atom is 0.407 e.